The molecule has 1 saturated heterocycles. The number of fused-ring (bicyclic) bond motifs is 1. The molecule has 5 rings (SSSR count). The van der Waals surface area contributed by atoms with Gasteiger partial charge in [0.2, 0.25) is 5.95 Å². The monoisotopic (exact) mass is 421 g/mol. The van der Waals surface area contributed by atoms with Crippen molar-refractivity contribution in [2.75, 3.05) is 56.2 Å². The number of rotatable bonds is 4. The van der Waals surface area contributed by atoms with Crippen molar-refractivity contribution < 1.29 is 13.9 Å². The Morgan fingerprint density at radius 2 is 1.71 bits per heavy atom. The normalized spacial score (nSPS) is 16.6. The van der Waals surface area contributed by atoms with Crippen LogP contribution in [0.2, 0.25) is 0 Å². The SMILES string of the molecule is CN1CCN(c2cccc(Oc3cnc(N4CCOc5c(F)cccc54)nc3)c2)CC1. The van der Waals surface area contributed by atoms with Crippen LogP contribution in [0.15, 0.2) is 54.9 Å². The maximum absolute atomic E-state index is 14.0. The molecule has 0 atom stereocenters. The molecule has 0 aliphatic carbocycles. The first-order valence-electron chi connectivity index (χ1n) is 10.4. The third kappa shape index (κ3) is 4.11. The summed E-state index contributed by atoms with van der Waals surface area (Å²) in [5, 5.41) is 0. The highest BCUT2D eigenvalue weighted by Crippen LogP contribution is 2.37. The largest absolute Gasteiger partial charge is 0.486 e. The number of para-hydroxylation sites is 1. The summed E-state index contributed by atoms with van der Waals surface area (Å²) in [5.41, 5.74) is 1.77. The lowest BCUT2D eigenvalue weighted by Crippen LogP contribution is -2.44. The number of hydrogen-bond acceptors (Lipinski definition) is 7. The Balaban J connectivity index is 1.31. The van der Waals surface area contributed by atoms with Crippen LogP contribution in [0.25, 0.3) is 0 Å². The van der Waals surface area contributed by atoms with Crippen molar-refractivity contribution in [3.8, 4) is 17.2 Å². The van der Waals surface area contributed by atoms with Gasteiger partial charge in [-0.3, -0.25) is 0 Å². The third-order valence-electron chi connectivity index (χ3n) is 5.58. The maximum Gasteiger partial charge on any atom is 0.230 e. The van der Waals surface area contributed by atoms with E-state index in [1.54, 1.807) is 24.5 Å². The van der Waals surface area contributed by atoms with Gasteiger partial charge in [-0.1, -0.05) is 12.1 Å². The molecule has 31 heavy (non-hydrogen) atoms. The highest BCUT2D eigenvalue weighted by molar-refractivity contribution is 5.67. The topological polar surface area (TPSA) is 54.0 Å². The molecule has 160 valence electrons. The standard InChI is InChI=1S/C23H24FN5O2/c1-27-8-10-28(11-9-27)17-4-2-5-18(14-17)31-19-15-25-23(26-16-19)29-12-13-30-22-20(24)6-3-7-21(22)29/h2-7,14-16H,8-13H2,1H3. The van der Waals surface area contributed by atoms with E-state index in [1.807, 2.05) is 23.1 Å². The van der Waals surface area contributed by atoms with Crippen molar-refractivity contribution in [3.63, 3.8) is 0 Å². The first kappa shape index (κ1) is 19.6. The average Bonchev–Trinajstić information content (AvgIpc) is 2.80. The summed E-state index contributed by atoms with van der Waals surface area (Å²) in [5.74, 6) is 1.62. The van der Waals surface area contributed by atoms with Crippen molar-refractivity contribution >= 4 is 17.3 Å². The van der Waals surface area contributed by atoms with Gasteiger partial charge in [0.15, 0.2) is 17.3 Å². The Hall–Kier alpha value is -3.39. The van der Waals surface area contributed by atoms with Gasteiger partial charge in [0.25, 0.3) is 0 Å². The van der Waals surface area contributed by atoms with Crippen molar-refractivity contribution in [1.82, 2.24) is 14.9 Å². The Labute approximate surface area is 180 Å². The van der Waals surface area contributed by atoms with Gasteiger partial charge >= 0.3 is 0 Å². The zero-order valence-corrected chi connectivity index (χ0v) is 17.4. The minimum absolute atomic E-state index is 0.235. The summed E-state index contributed by atoms with van der Waals surface area (Å²) in [6, 6.07) is 12.9. The predicted octanol–water partition coefficient (Wildman–Crippen LogP) is 3.69. The molecule has 2 aromatic carbocycles. The number of halogens is 1. The molecule has 2 aliphatic rings. The highest BCUT2D eigenvalue weighted by Gasteiger charge is 2.24. The fourth-order valence-corrected chi connectivity index (χ4v) is 3.87. The Morgan fingerprint density at radius 1 is 0.935 bits per heavy atom. The molecule has 2 aliphatic heterocycles. The lowest BCUT2D eigenvalue weighted by Gasteiger charge is -2.34. The van der Waals surface area contributed by atoms with Crippen molar-refractivity contribution in [2.45, 2.75) is 0 Å². The molecule has 0 bridgehead atoms. The number of benzene rings is 2. The van der Waals surface area contributed by atoms with E-state index in [4.69, 9.17) is 9.47 Å². The van der Waals surface area contributed by atoms with E-state index in [2.05, 4.69) is 32.9 Å². The smallest absolute Gasteiger partial charge is 0.230 e. The van der Waals surface area contributed by atoms with E-state index in [0.29, 0.717) is 30.5 Å². The molecular weight excluding hydrogens is 397 g/mol. The zero-order chi connectivity index (χ0) is 21.2. The molecular formula is C23H24FN5O2. The van der Waals surface area contributed by atoms with Crippen molar-refractivity contribution in [1.29, 1.82) is 0 Å². The lowest BCUT2D eigenvalue weighted by atomic mass is 10.2. The van der Waals surface area contributed by atoms with E-state index in [1.165, 1.54) is 6.07 Å². The van der Waals surface area contributed by atoms with Crippen LogP contribution in [0.3, 0.4) is 0 Å². The van der Waals surface area contributed by atoms with Crippen LogP contribution in [0.4, 0.5) is 21.7 Å². The number of ether oxygens (including phenoxy) is 2. The summed E-state index contributed by atoms with van der Waals surface area (Å²) in [7, 11) is 2.15. The van der Waals surface area contributed by atoms with Crippen molar-refractivity contribution in [3.05, 3.63) is 60.7 Å². The molecule has 0 unspecified atom stereocenters. The summed E-state index contributed by atoms with van der Waals surface area (Å²) in [4.78, 5) is 15.4. The summed E-state index contributed by atoms with van der Waals surface area (Å²) in [6.45, 7) is 5.01. The van der Waals surface area contributed by atoms with Gasteiger partial charge in [0.1, 0.15) is 12.4 Å². The summed E-state index contributed by atoms with van der Waals surface area (Å²) < 4.78 is 25.5. The second-order valence-corrected chi connectivity index (χ2v) is 7.70. The summed E-state index contributed by atoms with van der Waals surface area (Å²) in [6.07, 6.45) is 3.28. The zero-order valence-electron chi connectivity index (χ0n) is 17.4. The number of piperazine rings is 1. The van der Waals surface area contributed by atoms with Crippen LogP contribution in [-0.2, 0) is 0 Å². The van der Waals surface area contributed by atoms with Crippen LogP contribution >= 0.6 is 0 Å². The second-order valence-electron chi connectivity index (χ2n) is 7.70. The first-order chi connectivity index (χ1) is 15.2. The number of likely N-dealkylation sites (N-methyl/N-ethyl adjacent to an activating group) is 1. The van der Waals surface area contributed by atoms with Crippen LogP contribution in [0, 0.1) is 5.82 Å². The molecule has 0 N–H and O–H groups in total. The molecule has 0 amide bonds. The first-order valence-corrected chi connectivity index (χ1v) is 10.4. The second kappa shape index (κ2) is 8.39. The van der Waals surface area contributed by atoms with E-state index in [9.17, 15) is 4.39 Å². The summed E-state index contributed by atoms with van der Waals surface area (Å²) >= 11 is 0. The predicted molar refractivity (Wildman–Crippen MR) is 117 cm³/mol. The Kier molecular flexibility index (Phi) is 5.30. The Morgan fingerprint density at radius 3 is 2.52 bits per heavy atom. The fourth-order valence-electron chi connectivity index (χ4n) is 3.87. The molecule has 7 nitrogen and oxygen atoms in total. The van der Waals surface area contributed by atoms with Crippen LogP contribution < -0.4 is 19.3 Å². The van der Waals surface area contributed by atoms with Crippen LogP contribution in [0.1, 0.15) is 0 Å². The highest BCUT2D eigenvalue weighted by atomic mass is 19.1. The van der Waals surface area contributed by atoms with Gasteiger partial charge in [-0.15, -0.1) is 0 Å². The van der Waals surface area contributed by atoms with Gasteiger partial charge in [-0.05, 0) is 31.3 Å². The van der Waals surface area contributed by atoms with E-state index in [-0.39, 0.29) is 11.6 Å². The molecule has 3 heterocycles. The molecule has 1 aromatic heterocycles. The third-order valence-corrected chi connectivity index (χ3v) is 5.58. The minimum Gasteiger partial charge on any atom is -0.486 e. The van der Waals surface area contributed by atoms with E-state index >= 15 is 0 Å². The number of anilines is 3. The number of hydrogen-bond donors (Lipinski definition) is 0. The molecule has 8 heteroatoms. The molecule has 0 saturated carbocycles. The molecule has 0 radical (unpaired) electrons. The van der Waals surface area contributed by atoms with Crippen LogP contribution in [-0.4, -0.2) is 61.2 Å². The van der Waals surface area contributed by atoms with Gasteiger partial charge in [0.05, 0.1) is 24.6 Å². The average molecular weight is 421 g/mol. The van der Waals surface area contributed by atoms with Crippen LogP contribution in [0.5, 0.6) is 17.2 Å². The molecule has 1 fully saturated rings. The van der Waals surface area contributed by atoms with Gasteiger partial charge in [-0.2, -0.15) is 0 Å². The van der Waals surface area contributed by atoms with Gasteiger partial charge in [-0.25, -0.2) is 14.4 Å². The van der Waals surface area contributed by atoms with Gasteiger partial charge in [0, 0.05) is 37.9 Å². The molecule has 3 aromatic rings. The fraction of sp³-hybridized carbons (Fsp3) is 0.304. The minimum atomic E-state index is -0.387. The molecule has 0 spiro atoms. The quantitative estimate of drug-likeness (QED) is 0.637. The Bertz CT molecular complexity index is 1050. The lowest BCUT2D eigenvalue weighted by molar-refractivity contribution is 0.296. The van der Waals surface area contributed by atoms with E-state index < -0.39 is 0 Å². The van der Waals surface area contributed by atoms with E-state index in [0.717, 1.165) is 37.6 Å². The number of nitrogens with zero attached hydrogens (tertiary/aromatic N) is 5. The van der Waals surface area contributed by atoms with Gasteiger partial charge < -0.3 is 24.2 Å². The maximum atomic E-state index is 14.0. The number of aromatic nitrogens is 2. The van der Waals surface area contributed by atoms with Crippen molar-refractivity contribution in [2.24, 2.45) is 0 Å².